The molecule has 0 amide bonds. The molecule has 0 bridgehead atoms. The highest BCUT2D eigenvalue weighted by atomic mass is 17.2. The van der Waals surface area contributed by atoms with Crippen LogP contribution in [0.2, 0.25) is 0 Å². The Balaban J connectivity index is 2.60. The summed E-state index contributed by atoms with van der Waals surface area (Å²) >= 11 is 0. The molecule has 1 heterocycles. The minimum atomic E-state index is 0.587. The molecule has 0 atom stereocenters. The third kappa shape index (κ3) is 0.871. The number of fused-ring (bicyclic) bond motifs is 1. The maximum absolute atomic E-state index is 4.87. The molecule has 0 saturated carbocycles. The summed E-state index contributed by atoms with van der Waals surface area (Å²) in [6, 6.07) is 5.84. The standard InChI is InChI=1S/C9H8O2/c1-6-3-4-9-8(5-6)7(2)10-11-9/h3-5H,2H2,1H3. The van der Waals surface area contributed by atoms with Crippen LogP contribution in [0.15, 0.2) is 24.8 Å². The van der Waals surface area contributed by atoms with Crippen LogP contribution in [-0.2, 0) is 4.89 Å². The topological polar surface area (TPSA) is 18.5 Å². The molecule has 0 fully saturated rings. The third-order valence-corrected chi connectivity index (χ3v) is 1.67. The molecule has 2 heteroatoms. The summed E-state index contributed by atoms with van der Waals surface area (Å²) in [4.78, 5) is 9.65. The lowest BCUT2D eigenvalue weighted by atomic mass is 10.1. The number of hydrogen-bond donors (Lipinski definition) is 0. The van der Waals surface area contributed by atoms with E-state index in [1.165, 1.54) is 5.56 Å². The van der Waals surface area contributed by atoms with E-state index in [4.69, 9.17) is 9.78 Å². The second-order valence-electron chi connectivity index (χ2n) is 2.59. The molecular weight excluding hydrogens is 140 g/mol. The number of rotatable bonds is 0. The van der Waals surface area contributed by atoms with Gasteiger partial charge < -0.3 is 0 Å². The van der Waals surface area contributed by atoms with Crippen LogP contribution in [0.5, 0.6) is 5.75 Å². The van der Waals surface area contributed by atoms with Crippen LogP contribution in [0, 0.1) is 6.92 Å². The Morgan fingerprint density at radius 3 is 2.91 bits per heavy atom. The molecule has 11 heavy (non-hydrogen) atoms. The van der Waals surface area contributed by atoms with Crippen molar-refractivity contribution in [1.82, 2.24) is 0 Å². The quantitative estimate of drug-likeness (QED) is 0.525. The van der Waals surface area contributed by atoms with Crippen molar-refractivity contribution in [3.8, 4) is 5.75 Å². The summed E-state index contributed by atoms with van der Waals surface area (Å²) in [5.74, 6) is 1.34. The van der Waals surface area contributed by atoms with Crippen LogP contribution in [0.4, 0.5) is 0 Å². The lowest BCUT2D eigenvalue weighted by molar-refractivity contribution is -0.116. The van der Waals surface area contributed by atoms with Crippen molar-refractivity contribution in [1.29, 1.82) is 0 Å². The van der Waals surface area contributed by atoms with Crippen LogP contribution in [0.1, 0.15) is 11.1 Å². The van der Waals surface area contributed by atoms with Gasteiger partial charge in [-0.25, -0.2) is 0 Å². The maximum Gasteiger partial charge on any atom is 0.189 e. The number of benzene rings is 1. The van der Waals surface area contributed by atoms with Gasteiger partial charge in [-0.15, -0.1) is 0 Å². The van der Waals surface area contributed by atoms with Crippen molar-refractivity contribution >= 4 is 5.76 Å². The Hall–Kier alpha value is -1.44. The fourth-order valence-corrected chi connectivity index (χ4v) is 1.07. The second kappa shape index (κ2) is 2.02. The molecule has 1 aromatic rings. The molecule has 2 rings (SSSR count). The van der Waals surface area contributed by atoms with Crippen molar-refractivity contribution < 1.29 is 9.78 Å². The first kappa shape index (κ1) is 6.28. The Bertz CT molecular complexity index is 315. The fraction of sp³-hybridized carbons (Fsp3) is 0.111. The Morgan fingerprint density at radius 1 is 1.27 bits per heavy atom. The van der Waals surface area contributed by atoms with E-state index in [1.807, 2.05) is 25.1 Å². The van der Waals surface area contributed by atoms with Crippen LogP contribution in [0.25, 0.3) is 5.76 Å². The predicted molar refractivity (Wildman–Crippen MR) is 41.9 cm³/mol. The molecule has 1 aliphatic heterocycles. The summed E-state index contributed by atoms with van der Waals surface area (Å²) < 4.78 is 0. The molecule has 0 aliphatic carbocycles. The van der Waals surface area contributed by atoms with Gasteiger partial charge in [0.1, 0.15) is 0 Å². The Labute approximate surface area is 65.0 Å². The Morgan fingerprint density at radius 2 is 2.09 bits per heavy atom. The van der Waals surface area contributed by atoms with E-state index in [-0.39, 0.29) is 0 Å². The second-order valence-corrected chi connectivity index (χ2v) is 2.59. The van der Waals surface area contributed by atoms with Gasteiger partial charge in [0, 0.05) is 0 Å². The summed E-state index contributed by atoms with van der Waals surface area (Å²) in [6.45, 7) is 5.71. The van der Waals surface area contributed by atoms with E-state index in [1.54, 1.807) is 0 Å². The molecule has 0 unspecified atom stereocenters. The zero-order valence-electron chi connectivity index (χ0n) is 6.26. The number of aryl methyl sites for hydroxylation is 1. The Kier molecular flexibility index (Phi) is 1.15. The monoisotopic (exact) mass is 148 g/mol. The van der Waals surface area contributed by atoms with Crippen molar-refractivity contribution in [3.05, 3.63) is 35.9 Å². The van der Waals surface area contributed by atoms with E-state index in [9.17, 15) is 0 Å². The zero-order valence-corrected chi connectivity index (χ0v) is 6.26. The van der Waals surface area contributed by atoms with E-state index in [2.05, 4.69) is 6.58 Å². The van der Waals surface area contributed by atoms with Crippen LogP contribution >= 0.6 is 0 Å². The first-order valence-electron chi connectivity index (χ1n) is 3.42. The predicted octanol–water partition coefficient (Wildman–Crippen LogP) is 2.29. The number of hydrogen-bond acceptors (Lipinski definition) is 2. The largest absolute Gasteiger partial charge is 0.290 e. The molecule has 0 N–H and O–H groups in total. The van der Waals surface area contributed by atoms with E-state index >= 15 is 0 Å². The van der Waals surface area contributed by atoms with Gasteiger partial charge in [-0.05, 0) is 19.1 Å². The average Bonchev–Trinajstić information content (AvgIpc) is 2.33. The normalized spacial score (nSPS) is 13.7. The molecule has 0 radical (unpaired) electrons. The maximum atomic E-state index is 4.87. The van der Waals surface area contributed by atoms with Crippen LogP contribution in [0.3, 0.4) is 0 Å². The van der Waals surface area contributed by atoms with Gasteiger partial charge in [0.05, 0.1) is 5.56 Å². The third-order valence-electron chi connectivity index (χ3n) is 1.67. The zero-order chi connectivity index (χ0) is 7.84. The molecule has 1 aliphatic rings. The molecule has 0 spiro atoms. The SMILES string of the molecule is C=C1OOc2ccc(C)cc21. The summed E-state index contributed by atoms with van der Waals surface area (Å²) in [5, 5.41) is 0. The van der Waals surface area contributed by atoms with Gasteiger partial charge in [0.15, 0.2) is 11.5 Å². The van der Waals surface area contributed by atoms with Crippen molar-refractivity contribution in [2.75, 3.05) is 0 Å². The van der Waals surface area contributed by atoms with E-state index in [0.29, 0.717) is 5.76 Å². The average molecular weight is 148 g/mol. The van der Waals surface area contributed by atoms with Gasteiger partial charge in [-0.2, -0.15) is 0 Å². The van der Waals surface area contributed by atoms with Crippen molar-refractivity contribution in [3.63, 3.8) is 0 Å². The molecule has 2 nitrogen and oxygen atoms in total. The fourth-order valence-electron chi connectivity index (χ4n) is 1.07. The lowest BCUT2D eigenvalue weighted by Crippen LogP contribution is -1.80. The molecule has 0 aromatic heterocycles. The van der Waals surface area contributed by atoms with Crippen molar-refractivity contribution in [2.45, 2.75) is 6.92 Å². The molecular formula is C9H8O2. The highest BCUT2D eigenvalue weighted by Gasteiger charge is 2.17. The summed E-state index contributed by atoms with van der Waals surface area (Å²) in [5.41, 5.74) is 2.13. The summed E-state index contributed by atoms with van der Waals surface area (Å²) in [6.07, 6.45) is 0. The lowest BCUT2D eigenvalue weighted by Gasteiger charge is -1.92. The van der Waals surface area contributed by atoms with Gasteiger partial charge in [0.2, 0.25) is 0 Å². The van der Waals surface area contributed by atoms with Gasteiger partial charge >= 0.3 is 0 Å². The highest BCUT2D eigenvalue weighted by molar-refractivity contribution is 5.66. The van der Waals surface area contributed by atoms with Crippen LogP contribution < -0.4 is 4.89 Å². The van der Waals surface area contributed by atoms with Gasteiger partial charge in [0.25, 0.3) is 0 Å². The smallest absolute Gasteiger partial charge is 0.189 e. The van der Waals surface area contributed by atoms with E-state index in [0.717, 1.165) is 11.3 Å². The minimum absolute atomic E-state index is 0.587. The first-order chi connectivity index (χ1) is 5.27. The van der Waals surface area contributed by atoms with Crippen molar-refractivity contribution in [2.24, 2.45) is 0 Å². The van der Waals surface area contributed by atoms with Gasteiger partial charge in [-0.1, -0.05) is 18.2 Å². The molecule has 1 aromatic carbocycles. The highest BCUT2D eigenvalue weighted by Crippen LogP contribution is 2.33. The summed E-state index contributed by atoms with van der Waals surface area (Å²) in [7, 11) is 0. The van der Waals surface area contributed by atoms with Gasteiger partial charge in [-0.3, -0.25) is 9.78 Å². The minimum Gasteiger partial charge on any atom is -0.290 e. The van der Waals surface area contributed by atoms with E-state index < -0.39 is 0 Å². The molecule has 56 valence electrons. The van der Waals surface area contributed by atoms with Crippen LogP contribution in [-0.4, -0.2) is 0 Å². The molecule has 0 saturated heterocycles. The first-order valence-corrected chi connectivity index (χ1v) is 3.42.